The molecule has 0 radical (unpaired) electrons. The summed E-state index contributed by atoms with van der Waals surface area (Å²) < 4.78 is 28.6. The predicted molar refractivity (Wildman–Crippen MR) is 105 cm³/mol. The molecule has 1 aliphatic rings. The van der Waals surface area contributed by atoms with Crippen LogP contribution in [0.1, 0.15) is 42.6 Å². The zero-order chi connectivity index (χ0) is 20.0. The van der Waals surface area contributed by atoms with E-state index >= 15 is 0 Å². The Morgan fingerprint density at radius 2 is 1.89 bits per heavy atom. The Morgan fingerprint density at radius 3 is 2.44 bits per heavy atom. The van der Waals surface area contributed by atoms with Gasteiger partial charge in [0.15, 0.2) is 0 Å². The van der Waals surface area contributed by atoms with Gasteiger partial charge in [0.1, 0.15) is 0 Å². The first-order chi connectivity index (χ1) is 12.8. The van der Waals surface area contributed by atoms with Crippen molar-refractivity contribution in [1.82, 2.24) is 10.2 Å². The third kappa shape index (κ3) is 5.75. The molecule has 7 nitrogen and oxygen atoms in total. The Labute approximate surface area is 162 Å². The summed E-state index contributed by atoms with van der Waals surface area (Å²) in [6.45, 7) is 9.77. The van der Waals surface area contributed by atoms with Crippen molar-refractivity contribution in [2.75, 3.05) is 32.8 Å². The van der Waals surface area contributed by atoms with Crippen molar-refractivity contribution in [2.24, 2.45) is 11.1 Å². The van der Waals surface area contributed by atoms with Crippen molar-refractivity contribution in [1.29, 1.82) is 0 Å². The number of primary sulfonamides is 1. The third-order valence-corrected chi connectivity index (χ3v) is 6.27. The summed E-state index contributed by atoms with van der Waals surface area (Å²) in [5.74, 6) is 0.197. The second kappa shape index (κ2) is 9.64. The molecular formula is C19H31N3O4S. The number of aryl methyl sites for hydroxylation is 1. The Balaban J connectivity index is 2.15. The van der Waals surface area contributed by atoms with Gasteiger partial charge in [-0.05, 0) is 30.5 Å². The number of nitrogens with one attached hydrogen (secondary N) is 1. The largest absolute Gasteiger partial charge is 0.379 e. The summed E-state index contributed by atoms with van der Waals surface area (Å²) >= 11 is 0. The van der Waals surface area contributed by atoms with Crippen LogP contribution in [0.15, 0.2) is 23.1 Å². The quantitative estimate of drug-likeness (QED) is 0.692. The SMILES string of the molecule is CCC(CC)C(CNC(=O)c1cc(S(N)(=O)=O)ccc1C)N1CCOCC1. The van der Waals surface area contributed by atoms with Crippen LogP contribution in [-0.2, 0) is 14.8 Å². The highest BCUT2D eigenvalue weighted by molar-refractivity contribution is 7.89. The zero-order valence-corrected chi connectivity index (χ0v) is 17.2. The number of amides is 1. The Bertz CT molecular complexity index is 741. The molecule has 1 aliphatic heterocycles. The molecule has 0 aromatic heterocycles. The van der Waals surface area contributed by atoms with E-state index in [1.165, 1.54) is 12.1 Å². The molecule has 8 heteroatoms. The van der Waals surface area contributed by atoms with E-state index < -0.39 is 10.0 Å². The average Bonchev–Trinajstić information content (AvgIpc) is 2.65. The van der Waals surface area contributed by atoms with Crippen LogP contribution < -0.4 is 10.5 Å². The Kier molecular flexibility index (Phi) is 7.79. The van der Waals surface area contributed by atoms with Crippen molar-refractivity contribution in [3.63, 3.8) is 0 Å². The van der Waals surface area contributed by atoms with Gasteiger partial charge in [0, 0.05) is 31.2 Å². The molecule has 0 bridgehead atoms. The molecule has 1 saturated heterocycles. The van der Waals surface area contributed by atoms with Gasteiger partial charge in [-0.25, -0.2) is 13.6 Å². The first kappa shape index (κ1) is 21.8. The minimum atomic E-state index is -3.85. The van der Waals surface area contributed by atoms with Gasteiger partial charge >= 0.3 is 0 Å². The molecule has 1 aromatic carbocycles. The maximum absolute atomic E-state index is 12.7. The van der Waals surface area contributed by atoms with Crippen molar-refractivity contribution in [3.05, 3.63) is 29.3 Å². The van der Waals surface area contributed by atoms with Gasteiger partial charge in [0.25, 0.3) is 5.91 Å². The first-order valence-corrected chi connectivity index (χ1v) is 11.1. The second-order valence-corrected chi connectivity index (χ2v) is 8.59. The van der Waals surface area contributed by atoms with Crippen molar-refractivity contribution < 1.29 is 17.9 Å². The second-order valence-electron chi connectivity index (χ2n) is 7.02. The third-order valence-electron chi connectivity index (χ3n) is 5.36. The van der Waals surface area contributed by atoms with Crippen molar-refractivity contribution in [2.45, 2.75) is 44.6 Å². The van der Waals surface area contributed by atoms with E-state index in [0.29, 0.717) is 36.8 Å². The highest BCUT2D eigenvalue weighted by Crippen LogP contribution is 2.20. The summed E-state index contributed by atoms with van der Waals surface area (Å²) in [5.41, 5.74) is 1.05. The van der Waals surface area contributed by atoms with Crippen LogP contribution >= 0.6 is 0 Å². The molecule has 1 fully saturated rings. The van der Waals surface area contributed by atoms with Crippen molar-refractivity contribution >= 4 is 15.9 Å². The number of hydrogen-bond acceptors (Lipinski definition) is 5. The molecule has 1 unspecified atom stereocenters. The number of hydrogen-bond donors (Lipinski definition) is 2. The summed E-state index contributed by atoms with van der Waals surface area (Å²) in [6.07, 6.45) is 2.07. The maximum Gasteiger partial charge on any atom is 0.251 e. The lowest BCUT2D eigenvalue weighted by molar-refractivity contribution is 0.00191. The molecule has 2 rings (SSSR count). The number of nitrogens with zero attached hydrogens (tertiary/aromatic N) is 1. The molecule has 0 saturated carbocycles. The molecule has 152 valence electrons. The lowest BCUT2D eigenvalue weighted by atomic mass is 9.92. The number of carbonyl (C=O) groups excluding carboxylic acids is 1. The van der Waals surface area contributed by atoms with Crippen LogP contribution in [0, 0.1) is 12.8 Å². The Hall–Kier alpha value is -1.48. The van der Waals surface area contributed by atoms with Crippen LogP contribution in [0.2, 0.25) is 0 Å². The predicted octanol–water partition coefficient (Wildman–Crippen LogP) is 1.51. The number of ether oxygens (including phenoxy) is 1. The lowest BCUT2D eigenvalue weighted by Crippen LogP contribution is -2.52. The summed E-state index contributed by atoms with van der Waals surface area (Å²) in [6, 6.07) is 4.60. The molecular weight excluding hydrogens is 366 g/mol. The maximum atomic E-state index is 12.7. The van der Waals surface area contributed by atoms with E-state index in [2.05, 4.69) is 24.1 Å². The van der Waals surface area contributed by atoms with E-state index in [-0.39, 0.29) is 16.8 Å². The topological polar surface area (TPSA) is 102 Å². The number of benzene rings is 1. The number of nitrogens with two attached hydrogens (primary N) is 1. The van der Waals surface area contributed by atoms with E-state index in [0.717, 1.165) is 25.9 Å². The van der Waals surface area contributed by atoms with Crippen LogP contribution in [0.4, 0.5) is 0 Å². The highest BCUT2D eigenvalue weighted by atomic mass is 32.2. The fourth-order valence-corrected chi connectivity index (χ4v) is 4.19. The number of morpholine rings is 1. The molecule has 1 aromatic rings. The normalized spacial score (nSPS) is 17.1. The monoisotopic (exact) mass is 397 g/mol. The molecule has 3 N–H and O–H groups in total. The van der Waals surface area contributed by atoms with E-state index in [1.54, 1.807) is 13.0 Å². The fourth-order valence-electron chi connectivity index (χ4n) is 3.65. The Morgan fingerprint density at radius 1 is 1.26 bits per heavy atom. The standard InChI is InChI=1S/C19H31N3O4S/c1-4-15(5-2)18(22-8-10-26-11-9-22)13-21-19(23)17-12-16(27(20,24)25)7-6-14(17)3/h6-7,12,15,18H,4-5,8-11,13H2,1-3H3,(H,21,23)(H2,20,24,25). The van der Waals surface area contributed by atoms with Gasteiger partial charge in [-0.1, -0.05) is 32.8 Å². The van der Waals surface area contributed by atoms with Gasteiger partial charge in [0.05, 0.1) is 18.1 Å². The number of sulfonamides is 1. The van der Waals surface area contributed by atoms with E-state index in [1.807, 2.05) is 0 Å². The van der Waals surface area contributed by atoms with E-state index in [4.69, 9.17) is 9.88 Å². The molecule has 1 heterocycles. The highest BCUT2D eigenvalue weighted by Gasteiger charge is 2.27. The molecule has 0 aliphatic carbocycles. The van der Waals surface area contributed by atoms with Gasteiger partial charge in [-0.3, -0.25) is 9.69 Å². The van der Waals surface area contributed by atoms with Gasteiger partial charge in [-0.15, -0.1) is 0 Å². The summed E-state index contributed by atoms with van der Waals surface area (Å²) in [4.78, 5) is 15.1. The van der Waals surface area contributed by atoms with Crippen LogP contribution in [0.3, 0.4) is 0 Å². The van der Waals surface area contributed by atoms with E-state index in [9.17, 15) is 13.2 Å². The average molecular weight is 398 g/mol. The van der Waals surface area contributed by atoms with Gasteiger partial charge < -0.3 is 10.1 Å². The smallest absolute Gasteiger partial charge is 0.251 e. The van der Waals surface area contributed by atoms with Crippen LogP contribution in [0.5, 0.6) is 0 Å². The van der Waals surface area contributed by atoms with Crippen LogP contribution in [0.25, 0.3) is 0 Å². The van der Waals surface area contributed by atoms with Crippen LogP contribution in [-0.4, -0.2) is 58.1 Å². The minimum Gasteiger partial charge on any atom is -0.379 e. The number of rotatable bonds is 8. The fraction of sp³-hybridized carbons (Fsp3) is 0.632. The van der Waals surface area contributed by atoms with Crippen molar-refractivity contribution in [3.8, 4) is 0 Å². The molecule has 0 spiro atoms. The minimum absolute atomic E-state index is 0.0528. The molecule has 27 heavy (non-hydrogen) atoms. The van der Waals surface area contributed by atoms with Gasteiger partial charge in [-0.2, -0.15) is 0 Å². The summed E-state index contributed by atoms with van der Waals surface area (Å²) in [7, 11) is -3.85. The van der Waals surface area contributed by atoms with Gasteiger partial charge in [0.2, 0.25) is 10.0 Å². The summed E-state index contributed by atoms with van der Waals surface area (Å²) in [5, 5.41) is 8.20. The molecule has 1 amide bonds. The number of carbonyl (C=O) groups is 1. The molecule has 1 atom stereocenters. The zero-order valence-electron chi connectivity index (χ0n) is 16.4. The lowest BCUT2D eigenvalue weighted by Gasteiger charge is -2.38. The first-order valence-electron chi connectivity index (χ1n) is 9.51.